The molecule has 0 saturated carbocycles. The van der Waals surface area contributed by atoms with E-state index in [-0.39, 0.29) is 11.8 Å². The molecule has 1 saturated heterocycles. The molecule has 1 aromatic heterocycles. The van der Waals surface area contributed by atoms with Gasteiger partial charge in [0.05, 0.1) is 11.4 Å². The van der Waals surface area contributed by atoms with Crippen LogP contribution in [0.15, 0.2) is 12.1 Å². The van der Waals surface area contributed by atoms with Crippen LogP contribution in [0, 0.1) is 5.92 Å². The van der Waals surface area contributed by atoms with Crippen molar-refractivity contribution in [3.05, 3.63) is 21.9 Å². The molecule has 1 aliphatic heterocycles. The van der Waals surface area contributed by atoms with E-state index < -0.39 is 0 Å². The normalized spacial score (nSPS) is 20.2. The third-order valence-electron chi connectivity index (χ3n) is 3.46. The molecule has 0 spiro atoms. The van der Waals surface area contributed by atoms with Gasteiger partial charge >= 0.3 is 0 Å². The Bertz CT molecular complexity index is 472. The van der Waals surface area contributed by atoms with Gasteiger partial charge in [-0.25, -0.2) is 5.84 Å². The van der Waals surface area contributed by atoms with Gasteiger partial charge in [-0.3, -0.25) is 15.0 Å². The quantitative estimate of drug-likeness (QED) is 0.501. The Morgan fingerprint density at radius 3 is 3.05 bits per heavy atom. The van der Waals surface area contributed by atoms with Crippen molar-refractivity contribution in [2.45, 2.75) is 32.7 Å². The molecule has 2 amide bonds. The first kappa shape index (κ1) is 14.0. The highest BCUT2D eigenvalue weighted by Gasteiger charge is 2.21. The maximum atomic E-state index is 12.0. The molecule has 19 heavy (non-hydrogen) atoms. The predicted octanol–water partition coefficient (Wildman–Crippen LogP) is 1.50. The molecule has 2 heterocycles. The summed E-state index contributed by atoms with van der Waals surface area (Å²) < 4.78 is 0. The van der Waals surface area contributed by atoms with Gasteiger partial charge in [0.1, 0.15) is 0 Å². The fourth-order valence-corrected chi connectivity index (χ4v) is 3.11. The largest absolute Gasteiger partial charge is 0.338 e. The van der Waals surface area contributed by atoms with Gasteiger partial charge < -0.3 is 4.90 Å². The average molecular weight is 281 g/mol. The summed E-state index contributed by atoms with van der Waals surface area (Å²) in [6.45, 7) is 3.58. The van der Waals surface area contributed by atoms with Gasteiger partial charge in [-0.15, -0.1) is 11.3 Å². The van der Waals surface area contributed by atoms with E-state index in [2.05, 4.69) is 12.3 Å². The molecule has 5 nitrogen and oxygen atoms in total. The lowest BCUT2D eigenvalue weighted by atomic mass is 10.0. The molecular weight excluding hydrogens is 262 g/mol. The van der Waals surface area contributed by atoms with Gasteiger partial charge in [0, 0.05) is 17.8 Å². The molecule has 1 aromatic rings. The summed E-state index contributed by atoms with van der Waals surface area (Å²) in [6, 6.07) is 3.63. The van der Waals surface area contributed by atoms with Crippen molar-refractivity contribution in [2.75, 3.05) is 6.54 Å². The molecule has 3 N–H and O–H groups in total. The second-order valence-corrected chi connectivity index (χ2v) is 6.16. The SMILES string of the molecule is CC1CCC(=O)N(Cc2ccc(C(=O)NN)s2)CC1. The zero-order valence-corrected chi connectivity index (χ0v) is 11.8. The minimum Gasteiger partial charge on any atom is -0.338 e. The molecule has 1 aliphatic rings. The summed E-state index contributed by atoms with van der Waals surface area (Å²) in [4.78, 5) is 26.8. The summed E-state index contributed by atoms with van der Waals surface area (Å²) in [5.41, 5.74) is 2.11. The Hall–Kier alpha value is -1.40. The number of nitrogens with two attached hydrogens (primary N) is 1. The number of hydrazine groups is 1. The number of likely N-dealkylation sites (tertiary alicyclic amines) is 1. The number of thiophene rings is 1. The van der Waals surface area contributed by atoms with E-state index >= 15 is 0 Å². The van der Waals surface area contributed by atoms with Gasteiger partial charge in [-0.05, 0) is 30.9 Å². The highest BCUT2D eigenvalue weighted by molar-refractivity contribution is 7.14. The number of nitrogens with one attached hydrogen (secondary N) is 1. The second-order valence-electron chi connectivity index (χ2n) is 4.99. The number of carbonyl (C=O) groups excluding carboxylic acids is 2. The van der Waals surface area contributed by atoms with E-state index in [9.17, 15) is 9.59 Å². The second kappa shape index (κ2) is 6.16. The summed E-state index contributed by atoms with van der Waals surface area (Å²) >= 11 is 1.38. The third kappa shape index (κ3) is 3.54. The van der Waals surface area contributed by atoms with Gasteiger partial charge in [-0.1, -0.05) is 6.92 Å². The maximum absolute atomic E-state index is 12.0. The molecule has 6 heteroatoms. The average Bonchev–Trinajstić information content (AvgIpc) is 2.82. The minimum absolute atomic E-state index is 0.211. The van der Waals surface area contributed by atoms with Crippen LogP contribution in [0.1, 0.15) is 40.7 Å². The number of carbonyl (C=O) groups is 2. The molecule has 0 radical (unpaired) electrons. The molecule has 2 rings (SSSR count). The molecule has 1 atom stereocenters. The van der Waals surface area contributed by atoms with E-state index in [1.807, 2.05) is 11.0 Å². The number of rotatable bonds is 3. The van der Waals surface area contributed by atoms with Gasteiger partial charge in [0.15, 0.2) is 0 Å². The van der Waals surface area contributed by atoms with Crippen molar-refractivity contribution >= 4 is 23.2 Å². The van der Waals surface area contributed by atoms with Crippen LogP contribution in [0.25, 0.3) is 0 Å². The van der Waals surface area contributed by atoms with Crippen molar-refractivity contribution < 1.29 is 9.59 Å². The number of hydrogen-bond acceptors (Lipinski definition) is 4. The van der Waals surface area contributed by atoms with Gasteiger partial charge in [-0.2, -0.15) is 0 Å². The fraction of sp³-hybridized carbons (Fsp3) is 0.538. The minimum atomic E-state index is -0.285. The van der Waals surface area contributed by atoms with Crippen LogP contribution >= 0.6 is 11.3 Å². The number of amides is 2. The van der Waals surface area contributed by atoms with Gasteiger partial charge in [0.2, 0.25) is 5.91 Å². The highest BCUT2D eigenvalue weighted by Crippen LogP contribution is 2.22. The van der Waals surface area contributed by atoms with Crippen molar-refractivity contribution in [3.8, 4) is 0 Å². The third-order valence-corrected chi connectivity index (χ3v) is 4.53. The molecule has 1 unspecified atom stereocenters. The molecule has 0 aliphatic carbocycles. The number of nitrogens with zero attached hydrogens (tertiary/aromatic N) is 1. The van der Waals surface area contributed by atoms with Crippen LogP contribution in [0.2, 0.25) is 0 Å². The summed E-state index contributed by atoms with van der Waals surface area (Å²) in [5, 5.41) is 0. The predicted molar refractivity (Wildman–Crippen MR) is 74.4 cm³/mol. The van der Waals surface area contributed by atoms with Crippen LogP contribution in [0.4, 0.5) is 0 Å². The van der Waals surface area contributed by atoms with E-state index in [0.29, 0.717) is 23.8 Å². The number of nitrogen functional groups attached to an aromatic ring is 1. The summed E-state index contributed by atoms with van der Waals surface area (Å²) in [5.74, 6) is 5.63. The first-order valence-electron chi connectivity index (χ1n) is 6.47. The standard InChI is InChI=1S/C13H19N3O2S/c1-9-2-5-12(17)16(7-6-9)8-10-3-4-11(19-10)13(18)15-14/h3-4,9H,2,5-8,14H2,1H3,(H,15,18). The van der Waals surface area contributed by atoms with E-state index in [1.165, 1.54) is 11.3 Å². The first-order valence-corrected chi connectivity index (χ1v) is 7.29. The summed E-state index contributed by atoms with van der Waals surface area (Å²) in [6.07, 6.45) is 2.65. The fourth-order valence-electron chi connectivity index (χ4n) is 2.18. The van der Waals surface area contributed by atoms with Gasteiger partial charge in [0.25, 0.3) is 5.91 Å². The lowest BCUT2D eigenvalue weighted by Crippen LogP contribution is -2.29. The van der Waals surface area contributed by atoms with E-state index in [1.54, 1.807) is 6.07 Å². The van der Waals surface area contributed by atoms with E-state index in [4.69, 9.17) is 5.84 Å². The smallest absolute Gasteiger partial charge is 0.275 e. The van der Waals surface area contributed by atoms with Crippen molar-refractivity contribution in [1.29, 1.82) is 0 Å². The topological polar surface area (TPSA) is 75.4 Å². The zero-order valence-electron chi connectivity index (χ0n) is 11.0. The van der Waals surface area contributed by atoms with Crippen LogP contribution in [0.3, 0.4) is 0 Å². The molecular formula is C13H19N3O2S. The lowest BCUT2D eigenvalue weighted by molar-refractivity contribution is -0.131. The molecule has 0 aromatic carbocycles. The summed E-state index contributed by atoms with van der Waals surface area (Å²) in [7, 11) is 0. The highest BCUT2D eigenvalue weighted by atomic mass is 32.1. The Kier molecular flexibility index (Phi) is 4.55. The number of hydrogen-bond donors (Lipinski definition) is 2. The first-order chi connectivity index (χ1) is 9.10. The van der Waals surface area contributed by atoms with Crippen molar-refractivity contribution in [2.24, 2.45) is 11.8 Å². The maximum Gasteiger partial charge on any atom is 0.275 e. The molecule has 1 fully saturated rings. The van der Waals surface area contributed by atoms with Crippen LogP contribution in [0.5, 0.6) is 0 Å². The van der Waals surface area contributed by atoms with Crippen LogP contribution in [-0.4, -0.2) is 23.3 Å². The monoisotopic (exact) mass is 281 g/mol. The Balaban J connectivity index is 2.01. The van der Waals surface area contributed by atoms with Crippen molar-refractivity contribution in [1.82, 2.24) is 10.3 Å². The van der Waals surface area contributed by atoms with Crippen LogP contribution in [-0.2, 0) is 11.3 Å². The molecule has 104 valence electrons. The lowest BCUT2D eigenvalue weighted by Gasteiger charge is -2.19. The van der Waals surface area contributed by atoms with Crippen LogP contribution < -0.4 is 11.3 Å². The Morgan fingerprint density at radius 2 is 2.32 bits per heavy atom. The van der Waals surface area contributed by atoms with Crippen molar-refractivity contribution in [3.63, 3.8) is 0 Å². The Labute approximate surface area is 116 Å². The Morgan fingerprint density at radius 1 is 1.53 bits per heavy atom. The molecule has 0 bridgehead atoms. The van der Waals surface area contributed by atoms with E-state index in [0.717, 1.165) is 24.3 Å². The zero-order chi connectivity index (χ0) is 13.8.